The first kappa shape index (κ1) is 51.7. The third-order valence-corrected chi connectivity index (χ3v) is 10.7. The van der Waals surface area contributed by atoms with E-state index < -0.39 is 0 Å². The minimum Gasteiger partial charge on any atom is -0.508 e. The lowest BCUT2D eigenvalue weighted by molar-refractivity contribution is 0.465. The van der Waals surface area contributed by atoms with Gasteiger partial charge >= 0.3 is 0 Å². The highest BCUT2D eigenvalue weighted by molar-refractivity contribution is 5.45. The first-order valence-electron chi connectivity index (χ1n) is 21.9. The van der Waals surface area contributed by atoms with Crippen molar-refractivity contribution < 1.29 is 5.11 Å². The van der Waals surface area contributed by atoms with Gasteiger partial charge in [-0.3, -0.25) is 0 Å². The van der Waals surface area contributed by atoms with Crippen molar-refractivity contribution in [1.82, 2.24) is 0 Å². The number of phenols is 1. The molecule has 0 spiro atoms. The second kappa shape index (κ2) is 20.6. The summed E-state index contributed by atoms with van der Waals surface area (Å²) >= 11 is 0. The van der Waals surface area contributed by atoms with Gasteiger partial charge in [0.25, 0.3) is 0 Å². The predicted molar refractivity (Wildman–Crippen MR) is 258 cm³/mol. The van der Waals surface area contributed by atoms with Crippen LogP contribution in [0.15, 0.2) is 66.7 Å². The minimum absolute atomic E-state index is 0.0881. The first-order chi connectivity index (χ1) is 25.7. The fourth-order valence-corrected chi connectivity index (χ4v) is 7.34. The predicted octanol–water partition coefficient (Wildman–Crippen LogP) is 17.4. The molecule has 0 bridgehead atoms. The molecule has 1 heteroatoms. The van der Waals surface area contributed by atoms with Crippen LogP contribution >= 0.6 is 0 Å². The fraction of sp³-hybridized carbons (Fsp3) is 0.571. The average Bonchev–Trinajstić information content (AvgIpc) is 3.04. The van der Waals surface area contributed by atoms with Crippen LogP contribution in [-0.2, 0) is 21.7 Å². The summed E-state index contributed by atoms with van der Waals surface area (Å²) in [5, 5.41) is 9.77. The Balaban J connectivity index is 0.000000380. The molecular formula is C56H88O. The molecule has 0 aromatic heterocycles. The van der Waals surface area contributed by atoms with E-state index in [2.05, 4.69) is 220 Å². The molecule has 0 radical (unpaired) electrons. The van der Waals surface area contributed by atoms with Gasteiger partial charge in [-0.1, -0.05) is 216 Å². The van der Waals surface area contributed by atoms with E-state index in [9.17, 15) is 5.11 Å². The fourth-order valence-electron chi connectivity index (χ4n) is 7.34. The van der Waals surface area contributed by atoms with Crippen molar-refractivity contribution in [1.29, 1.82) is 0 Å². The number of aromatic hydroxyl groups is 1. The summed E-state index contributed by atoms with van der Waals surface area (Å²) in [6.07, 6.45) is 0. The second-order valence-corrected chi connectivity index (χ2v) is 22.1. The summed E-state index contributed by atoms with van der Waals surface area (Å²) in [6.45, 7) is 53.5. The Morgan fingerprint density at radius 3 is 0.930 bits per heavy atom. The maximum atomic E-state index is 9.77. The Hall–Kier alpha value is -3.32. The van der Waals surface area contributed by atoms with Gasteiger partial charge in [-0.2, -0.15) is 0 Å². The molecule has 4 aromatic rings. The van der Waals surface area contributed by atoms with Gasteiger partial charge in [0, 0.05) is 0 Å². The molecule has 0 heterocycles. The highest BCUT2D eigenvalue weighted by Gasteiger charge is 2.22. The van der Waals surface area contributed by atoms with Crippen molar-refractivity contribution in [3.8, 4) is 5.75 Å². The lowest BCUT2D eigenvalue weighted by atomic mass is 9.80. The zero-order valence-electron chi connectivity index (χ0n) is 41.6. The molecule has 0 aliphatic heterocycles. The average molecular weight is 777 g/mol. The number of hydrogen-bond donors (Lipinski definition) is 1. The Morgan fingerprint density at radius 2 is 0.614 bits per heavy atom. The van der Waals surface area contributed by atoms with Crippen LogP contribution in [0.1, 0.15) is 229 Å². The van der Waals surface area contributed by atoms with E-state index >= 15 is 0 Å². The van der Waals surface area contributed by atoms with Crippen LogP contribution < -0.4 is 0 Å². The van der Waals surface area contributed by atoms with Crippen LogP contribution in [0.3, 0.4) is 0 Å². The molecule has 318 valence electrons. The van der Waals surface area contributed by atoms with Crippen molar-refractivity contribution >= 4 is 0 Å². The number of phenolic OH excluding ortho intramolecular Hbond substituents is 1. The summed E-state index contributed by atoms with van der Waals surface area (Å²) in [5.74, 6) is 2.75. The van der Waals surface area contributed by atoms with Gasteiger partial charge in [-0.15, -0.1) is 0 Å². The highest BCUT2D eigenvalue weighted by atomic mass is 16.3. The smallest absolute Gasteiger partial charge is 0.118 e. The van der Waals surface area contributed by atoms with Crippen molar-refractivity contribution in [2.24, 2.45) is 0 Å². The largest absolute Gasteiger partial charge is 0.508 e. The van der Waals surface area contributed by atoms with E-state index in [1.807, 2.05) is 13.0 Å². The van der Waals surface area contributed by atoms with Crippen LogP contribution in [0.5, 0.6) is 5.75 Å². The number of aryl methyl sites for hydroxylation is 4. The molecular weight excluding hydrogens is 689 g/mol. The van der Waals surface area contributed by atoms with Crippen LogP contribution in [-0.4, -0.2) is 5.11 Å². The van der Waals surface area contributed by atoms with Crippen LogP contribution in [0.4, 0.5) is 0 Å². The monoisotopic (exact) mass is 777 g/mol. The molecule has 0 saturated heterocycles. The molecule has 57 heavy (non-hydrogen) atoms. The van der Waals surface area contributed by atoms with Crippen molar-refractivity contribution in [3.05, 3.63) is 133 Å². The topological polar surface area (TPSA) is 20.2 Å². The Morgan fingerprint density at radius 1 is 0.333 bits per heavy atom. The molecule has 0 amide bonds. The molecule has 4 aromatic carbocycles. The van der Waals surface area contributed by atoms with Gasteiger partial charge in [-0.05, 0) is 129 Å². The number of rotatable bonds is 4. The molecule has 1 nitrogen and oxygen atoms in total. The molecule has 0 unspecified atom stereocenters. The number of benzene rings is 4. The van der Waals surface area contributed by atoms with Crippen molar-refractivity contribution in [2.45, 2.75) is 212 Å². The highest BCUT2D eigenvalue weighted by Crippen LogP contribution is 2.36. The van der Waals surface area contributed by atoms with E-state index in [-0.39, 0.29) is 21.7 Å². The molecule has 1 N–H and O–H groups in total. The van der Waals surface area contributed by atoms with Crippen LogP contribution in [0.2, 0.25) is 0 Å². The molecule has 0 aliphatic carbocycles. The van der Waals surface area contributed by atoms with E-state index in [4.69, 9.17) is 0 Å². The van der Waals surface area contributed by atoms with Gasteiger partial charge < -0.3 is 5.11 Å². The Kier molecular flexibility index (Phi) is 18.7. The molecule has 0 fully saturated rings. The van der Waals surface area contributed by atoms with Gasteiger partial charge in [-0.25, -0.2) is 0 Å². The van der Waals surface area contributed by atoms with Crippen molar-refractivity contribution in [3.63, 3.8) is 0 Å². The molecule has 0 atom stereocenters. The summed E-state index contributed by atoms with van der Waals surface area (Å²) in [4.78, 5) is 0. The minimum atomic E-state index is 0.0881. The quantitative estimate of drug-likeness (QED) is 0.219. The van der Waals surface area contributed by atoms with Crippen LogP contribution in [0.25, 0.3) is 0 Å². The second-order valence-electron chi connectivity index (χ2n) is 22.1. The van der Waals surface area contributed by atoms with Gasteiger partial charge in [0.2, 0.25) is 0 Å². The lowest BCUT2D eigenvalue weighted by Gasteiger charge is -2.25. The van der Waals surface area contributed by atoms with Crippen molar-refractivity contribution in [2.75, 3.05) is 0 Å². The normalized spacial score (nSPS) is 12.2. The summed E-state index contributed by atoms with van der Waals surface area (Å²) in [6, 6.07) is 24.5. The van der Waals surface area contributed by atoms with E-state index in [1.165, 1.54) is 61.2 Å². The lowest BCUT2D eigenvalue weighted by Crippen LogP contribution is -2.15. The third-order valence-electron chi connectivity index (χ3n) is 10.7. The maximum Gasteiger partial charge on any atom is 0.118 e. The summed E-state index contributed by atoms with van der Waals surface area (Å²) < 4.78 is 0. The Bertz CT molecular complexity index is 1780. The zero-order valence-corrected chi connectivity index (χ0v) is 41.6. The van der Waals surface area contributed by atoms with Gasteiger partial charge in [0.05, 0.1) is 0 Å². The van der Waals surface area contributed by atoms with Gasteiger partial charge in [0.1, 0.15) is 5.75 Å². The SMILES string of the molecule is Cc1cc(C(C)C)c(C(C)(C)C)cc1O.Cc1ccc(C(C)(C)C)c(C(C)C)c1.Cc1ccc(C(C)C)c(C(C)(C)C)c1.Cc1ccc(C(C)C)c(C(C)(C)C)c1. The van der Waals surface area contributed by atoms with Crippen LogP contribution in [0, 0.1) is 27.7 Å². The first-order valence-corrected chi connectivity index (χ1v) is 21.9. The maximum absolute atomic E-state index is 9.77. The summed E-state index contributed by atoms with van der Waals surface area (Å²) in [7, 11) is 0. The molecule has 0 aliphatic rings. The van der Waals surface area contributed by atoms with E-state index in [0.717, 1.165) is 5.56 Å². The molecule has 4 rings (SSSR count). The van der Waals surface area contributed by atoms with E-state index in [1.54, 1.807) is 0 Å². The molecule has 0 saturated carbocycles. The standard InChI is InChI=1S/C14H22O.3C14H22/c1-9(2)11-7-10(3)13(15)8-12(11)14(4,5)6;1-10(2)12-9-11(3)7-8-13(12)14(4,5)6;2*1-10(2)12-8-7-11(3)9-13(12)14(4,5)6/h7-9,15H,1-6H3;3*7-10H,1-6H3. The third kappa shape index (κ3) is 16.1. The Labute approximate surface area is 354 Å². The van der Waals surface area contributed by atoms with Gasteiger partial charge in [0.15, 0.2) is 0 Å². The number of hydrogen-bond acceptors (Lipinski definition) is 1. The van der Waals surface area contributed by atoms with E-state index in [0.29, 0.717) is 29.4 Å². The zero-order chi connectivity index (χ0) is 44.6. The summed E-state index contributed by atoms with van der Waals surface area (Å²) in [5.41, 5.74) is 17.4.